The summed E-state index contributed by atoms with van der Waals surface area (Å²) in [5.74, 6) is -2.68. The van der Waals surface area contributed by atoms with Crippen LogP contribution in [0.15, 0.2) is 52.2 Å². The molecule has 4 rings (SSSR count). The van der Waals surface area contributed by atoms with Gasteiger partial charge in [0, 0.05) is 51.7 Å². The first-order valence-electron chi connectivity index (χ1n) is 11.8. The van der Waals surface area contributed by atoms with Crippen LogP contribution in [0.3, 0.4) is 0 Å². The highest BCUT2D eigenvalue weighted by Crippen LogP contribution is 2.42. The first-order valence-corrected chi connectivity index (χ1v) is 11.8. The molecule has 0 fully saturated rings. The third-order valence-corrected chi connectivity index (χ3v) is 6.49. The molecule has 0 radical (unpaired) electrons. The van der Waals surface area contributed by atoms with Crippen molar-refractivity contribution >= 4 is 23.3 Å². The molecule has 0 aliphatic carbocycles. The van der Waals surface area contributed by atoms with Gasteiger partial charge in [0.25, 0.3) is 11.5 Å². The number of aromatic hydroxyl groups is 1. The van der Waals surface area contributed by atoms with Crippen molar-refractivity contribution in [2.24, 2.45) is 14.1 Å². The van der Waals surface area contributed by atoms with E-state index in [9.17, 15) is 24.8 Å². The second kappa shape index (κ2) is 10.6. The Kier molecular flexibility index (Phi) is 7.30. The number of rotatable bonds is 7. The summed E-state index contributed by atoms with van der Waals surface area (Å²) in [6.45, 7) is 3.19. The SMILES string of the molecule is CC(=O)N(C)c1nn(C)cc1[C@@H](c1ccccc1C#N)[C@H](C)c1nc(C(=O)Nc2cnoc2)c(O)c(=O)n1C. The van der Waals surface area contributed by atoms with Crippen LogP contribution in [0.1, 0.15) is 58.7 Å². The number of carbonyl (C=O) groups excluding carboxylic acids is 2. The van der Waals surface area contributed by atoms with Crippen molar-refractivity contribution in [3.63, 3.8) is 0 Å². The van der Waals surface area contributed by atoms with E-state index in [-0.39, 0.29) is 17.4 Å². The van der Waals surface area contributed by atoms with Gasteiger partial charge < -0.3 is 14.9 Å². The zero-order valence-electron chi connectivity index (χ0n) is 21.9. The molecule has 2 atom stereocenters. The van der Waals surface area contributed by atoms with E-state index in [0.717, 1.165) is 4.57 Å². The molecule has 2 amide bonds. The maximum absolute atomic E-state index is 13.0. The molecule has 3 heterocycles. The number of aryl methyl sites for hydroxylation is 1. The van der Waals surface area contributed by atoms with E-state index in [1.807, 2.05) is 0 Å². The van der Waals surface area contributed by atoms with Crippen molar-refractivity contribution in [1.29, 1.82) is 5.26 Å². The number of anilines is 2. The third-order valence-electron chi connectivity index (χ3n) is 6.49. The molecule has 13 heteroatoms. The van der Waals surface area contributed by atoms with E-state index in [1.54, 1.807) is 56.2 Å². The minimum Gasteiger partial charge on any atom is -0.501 e. The molecular weight excluding hydrogens is 504 g/mol. The van der Waals surface area contributed by atoms with E-state index in [2.05, 4.69) is 26.6 Å². The van der Waals surface area contributed by atoms with Gasteiger partial charge in [-0.05, 0) is 11.6 Å². The van der Waals surface area contributed by atoms with Crippen molar-refractivity contribution < 1.29 is 19.2 Å². The number of benzene rings is 1. The lowest BCUT2D eigenvalue weighted by Crippen LogP contribution is -2.30. The lowest BCUT2D eigenvalue weighted by Gasteiger charge is -2.28. The van der Waals surface area contributed by atoms with Crippen molar-refractivity contribution in [2.75, 3.05) is 17.3 Å². The zero-order valence-corrected chi connectivity index (χ0v) is 21.9. The van der Waals surface area contributed by atoms with E-state index in [4.69, 9.17) is 4.52 Å². The standard InChI is InChI=1S/C26H26N8O5/c1-14(23-30-21(22(36)26(38)34(23)5)25(37)29-17-11-28-39-13-17)20(18-9-7-6-8-16(18)10-27)19-12-32(3)31-24(19)33(4)15(2)35/h6-9,11-14,20,36H,1-5H3,(H,29,37)/t14-,20+/m0/s1. The quantitative estimate of drug-likeness (QED) is 0.363. The fourth-order valence-electron chi connectivity index (χ4n) is 4.48. The number of aromatic nitrogens is 5. The average Bonchev–Trinajstić information content (AvgIpc) is 3.56. The van der Waals surface area contributed by atoms with Crippen molar-refractivity contribution in [2.45, 2.75) is 25.7 Å². The van der Waals surface area contributed by atoms with Crippen molar-refractivity contribution in [1.82, 2.24) is 24.5 Å². The highest BCUT2D eigenvalue weighted by atomic mass is 16.5. The minimum atomic E-state index is -0.839. The molecule has 39 heavy (non-hydrogen) atoms. The molecule has 200 valence electrons. The third kappa shape index (κ3) is 4.99. The van der Waals surface area contributed by atoms with Gasteiger partial charge in [-0.3, -0.25) is 28.5 Å². The molecule has 0 spiro atoms. The second-order valence-corrected chi connectivity index (χ2v) is 9.02. The van der Waals surface area contributed by atoms with Gasteiger partial charge in [-0.2, -0.15) is 10.4 Å². The second-order valence-electron chi connectivity index (χ2n) is 9.02. The maximum atomic E-state index is 13.0. The summed E-state index contributed by atoms with van der Waals surface area (Å²) < 4.78 is 7.42. The van der Waals surface area contributed by atoms with Crippen LogP contribution >= 0.6 is 0 Å². The van der Waals surface area contributed by atoms with E-state index >= 15 is 0 Å². The van der Waals surface area contributed by atoms with Gasteiger partial charge in [-0.15, -0.1) is 0 Å². The largest absolute Gasteiger partial charge is 0.501 e. The number of hydrogen-bond donors (Lipinski definition) is 2. The number of hydrogen-bond acceptors (Lipinski definition) is 9. The number of nitrogens with zero attached hydrogens (tertiary/aromatic N) is 7. The predicted octanol–water partition coefficient (Wildman–Crippen LogP) is 2.25. The topological polar surface area (TPSA) is 172 Å². The predicted molar refractivity (Wildman–Crippen MR) is 139 cm³/mol. The Morgan fingerprint density at radius 2 is 1.95 bits per heavy atom. The summed E-state index contributed by atoms with van der Waals surface area (Å²) in [6, 6.07) is 9.16. The van der Waals surface area contributed by atoms with Gasteiger partial charge in [0.05, 0.1) is 17.8 Å². The molecule has 1 aromatic carbocycles. The van der Waals surface area contributed by atoms with Crippen LogP contribution in [-0.4, -0.2) is 48.5 Å². The normalized spacial score (nSPS) is 12.4. The molecule has 0 aliphatic rings. The minimum absolute atomic E-state index is 0.159. The Balaban J connectivity index is 1.94. The monoisotopic (exact) mass is 530 g/mol. The molecule has 3 aromatic heterocycles. The molecule has 0 saturated carbocycles. The summed E-state index contributed by atoms with van der Waals surface area (Å²) in [7, 11) is 4.73. The number of nitrogens with one attached hydrogen (secondary N) is 1. The average molecular weight is 531 g/mol. The highest BCUT2D eigenvalue weighted by molar-refractivity contribution is 6.04. The maximum Gasteiger partial charge on any atom is 0.296 e. The van der Waals surface area contributed by atoms with Gasteiger partial charge in [-0.25, -0.2) is 4.98 Å². The van der Waals surface area contributed by atoms with Crippen LogP contribution in [0.25, 0.3) is 0 Å². The Hall–Kier alpha value is -5.25. The molecule has 0 unspecified atom stereocenters. The fraction of sp³-hybridized carbons (Fsp3) is 0.269. The van der Waals surface area contributed by atoms with Gasteiger partial charge in [0.1, 0.15) is 17.8 Å². The number of amides is 2. The Morgan fingerprint density at radius 1 is 1.23 bits per heavy atom. The van der Waals surface area contributed by atoms with Crippen LogP contribution in [0.5, 0.6) is 5.75 Å². The smallest absolute Gasteiger partial charge is 0.296 e. The Morgan fingerprint density at radius 3 is 2.59 bits per heavy atom. The summed E-state index contributed by atoms with van der Waals surface area (Å²) in [6.07, 6.45) is 4.18. The van der Waals surface area contributed by atoms with Crippen LogP contribution in [0.2, 0.25) is 0 Å². The summed E-state index contributed by atoms with van der Waals surface area (Å²) in [5, 5.41) is 30.9. The summed E-state index contributed by atoms with van der Waals surface area (Å²) in [4.78, 5) is 44.1. The van der Waals surface area contributed by atoms with Crippen LogP contribution in [0.4, 0.5) is 11.5 Å². The lowest BCUT2D eigenvalue weighted by atomic mass is 9.79. The van der Waals surface area contributed by atoms with Crippen LogP contribution < -0.4 is 15.8 Å². The molecule has 0 bridgehead atoms. The Bertz CT molecular complexity index is 1650. The first-order chi connectivity index (χ1) is 18.5. The highest BCUT2D eigenvalue weighted by Gasteiger charge is 2.34. The number of carbonyl (C=O) groups is 2. The van der Waals surface area contributed by atoms with Gasteiger partial charge in [-0.1, -0.05) is 30.3 Å². The van der Waals surface area contributed by atoms with E-state index < -0.39 is 34.7 Å². The van der Waals surface area contributed by atoms with E-state index in [1.165, 1.54) is 31.3 Å². The Labute approximate surface area is 222 Å². The molecule has 0 aliphatic heterocycles. The molecular formula is C26H26N8O5. The van der Waals surface area contributed by atoms with Crippen LogP contribution in [-0.2, 0) is 18.9 Å². The van der Waals surface area contributed by atoms with Gasteiger partial charge in [0.15, 0.2) is 11.5 Å². The molecule has 13 nitrogen and oxygen atoms in total. The van der Waals surface area contributed by atoms with Gasteiger partial charge in [0.2, 0.25) is 11.7 Å². The fourth-order valence-corrected chi connectivity index (χ4v) is 4.48. The summed E-state index contributed by atoms with van der Waals surface area (Å²) in [5.41, 5.74) is 0.482. The zero-order chi connectivity index (χ0) is 28.4. The summed E-state index contributed by atoms with van der Waals surface area (Å²) >= 11 is 0. The number of nitriles is 1. The van der Waals surface area contributed by atoms with Gasteiger partial charge >= 0.3 is 0 Å². The van der Waals surface area contributed by atoms with Crippen molar-refractivity contribution in [3.8, 4) is 11.8 Å². The lowest BCUT2D eigenvalue weighted by molar-refractivity contribution is -0.116. The molecule has 0 saturated heterocycles. The molecule has 4 aromatic rings. The van der Waals surface area contributed by atoms with Crippen molar-refractivity contribution in [3.05, 3.63) is 81.5 Å². The van der Waals surface area contributed by atoms with E-state index in [0.29, 0.717) is 22.5 Å². The first kappa shape index (κ1) is 26.8. The van der Waals surface area contributed by atoms with Crippen LogP contribution in [0, 0.1) is 11.3 Å². The molecule has 2 N–H and O–H groups in total.